The van der Waals surface area contributed by atoms with Gasteiger partial charge in [0.15, 0.2) is 34.9 Å². The van der Waals surface area contributed by atoms with E-state index in [9.17, 15) is 0 Å². The molecule has 1 aliphatic carbocycles. The standard InChI is InChI=1S/C52H35N3.C49H29N3S/c1-52(2)46-22-10-9-17-42(46)45-31-44-37(30-47(45)52)26-24-32-23-25-36-29-35(27-28-39(36)48(32)44)38-18-11-20-41-40(38)19-12-21-43(41)51-54-49(33-13-5-3-6-14-33)53-50(55-51)34-15-7-4-8-16-34;1-3-11-31(12-4-1)47-50-48(32-13-5-2-6-14-32)52-49(51-47)41-19-10-17-38-36(16-9-18-39(38)41)33-25-26-37-34(27-33)23-21-30-22-24-35-28-43-40-15-7-8-20-44(40)53-45(43)29-42(35)46(30)37/h3-31H,1-2H3;1-29H. The lowest BCUT2D eigenvalue weighted by molar-refractivity contribution is 0.661. The number of aromatic nitrogens is 6. The second-order valence-electron chi connectivity index (χ2n) is 28.8. The molecule has 22 rings (SSSR count). The number of hydrogen-bond donors (Lipinski definition) is 0. The van der Waals surface area contributed by atoms with Gasteiger partial charge in [-0.05, 0) is 173 Å². The van der Waals surface area contributed by atoms with Crippen molar-refractivity contribution >= 4 is 118 Å². The first-order valence-corrected chi connectivity index (χ1v) is 37.6. The van der Waals surface area contributed by atoms with Crippen LogP contribution in [0.15, 0.2) is 352 Å². The molecule has 0 amide bonds. The van der Waals surface area contributed by atoms with E-state index in [-0.39, 0.29) is 5.41 Å². The van der Waals surface area contributed by atoms with Gasteiger partial charge in [0.05, 0.1) is 0 Å². The van der Waals surface area contributed by atoms with Crippen LogP contribution in [0.5, 0.6) is 0 Å². The molecule has 1 aliphatic rings. The molecule has 108 heavy (non-hydrogen) atoms. The van der Waals surface area contributed by atoms with Gasteiger partial charge in [-0.25, -0.2) is 29.9 Å². The van der Waals surface area contributed by atoms with E-state index in [1.165, 1.54) is 129 Å². The minimum Gasteiger partial charge on any atom is -0.208 e. The summed E-state index contributed by atoms with van der Waals surface area (Å²) in [4.78, 5) is 30.1. The van der Waals surface area contributed by atoms with Crippen molar-refractivity contribution in [3.05, 3.63) is 363 Å². The predicted octanol–water partition coefficient (Wildman–Crippen LogP) is 27.0. The maximum atomic E-state index is 5.07. The lowest BCUT2D eigenvalue weighted by atomic mass is 9.81. The van der Waals surface area contributed by atoms with Crippen LogP contribution in [0.1, 0.15) is 25.0 Å². The van der Waals surface area contributed by atoms with Crippen LogP contribution < -0.4 is 0 Å². The number of thiophene rings is 1. The first-order valence-electron chi connectivity index (χ1n) is 36.8. The van der Waals surface area contributed by atoms with Gasteiger partial charge in [-0.2, -0.15) is 0 Å². The van der Waals surface area contributed by atoms with E-state index in [0.29, 0.717) is 34.9 Å². The third-order valence-electron chi connectivity index (χ3n) is 22.2. The van der Waals surface area contributed by atoms with E-state index in [4.69, 9.17) is 29.9 Å². The lowest BCUT2D eigenvalue weighted by Gasteiger charge is -2.22. The van der Waals surface area contributed by atoms with Crippen molar-refractivity contribution in [2.45, 2.75) is 19.3 Å². The van der Waals surface area contributed by atoms with Gasteiger partial charge < -0.3 is 0 Å². The van der Waals surface area contributed by atoms with Crippen LogP contribution in [-0.4, -0.2) is 29.9 Å². The van der Waals surface area contributed by atoms with Gasteiger partial charge in [-0.3, -0.25) is 0 Å². The fourth-order valence-electron chi connectivity index (χ4n) is 16.9. The third kappa shape index (κ3) is 10.5. The molecule has 0 fully saturated rings. The third-order valence-corrected chi connectivity index (χ3v) is 23.3. The number of nitrogens with zero attached hydrogens (tertiary/aromatic N) is 6. The molecule has 3 heterocycles. The molecule has 0 saturated carbocycles. The fourth-order valence-corrected chi connectivity index (χ4v) is 18.0. The molecule has 0 saturated heterocycles. The highest BCUT2D eigenvalue weighted by Gasteiger charge is 2.36. The van der Waals surface area contributed by atoms with Crippen molar-refractivity contribution in [2.75, 3.05) is 0 Å². The Bertz CT molecular complexity index is 7140. The Morgan fingerprint density at radius 3 is 1.04 bits per heavy atom. The molecule has 3 aromatic heterocycles. The van der Waals surface area contributed by atoms with Gasteiger partial charge in [-0.15, -0.1) is 11.3 Å². The number of rotatable bonds is 8. The molecule has 7 heteroatoms. The summed E-state index contributed by atoms with van der Waals surface area (Å²) in [5.41, 5.74) is 16.0. The number of fused-ring (bicyclic) bond motifs is 18. The average Bonchev–Trinajstić information content (AvgIpc) is 1.49. The molecule has 0 atom stereocenters. The quantitative estimate of drug-likeness (QED) is 0.141. The zero-order valence-electron chi connectivity index (χ0n) is 59.1. The van der Waals surface area contributed by atoms with Crippen molar-refractivity contribution < 1.29 is 0 Å². The molecular formula is C101H64N6S. The van der Waals surface area contributed by atoms with Gasteiger partial charge in [0.25, 0.3) is 0 Å². The van der Waals surface area contributed by atoms with E-state index < -0.39 is 0 Å². The van der Waals surface area contributed by atoms with Crippen LogP contribution in [0.25, 0.3) is 208 Å². The Hall–Kier alpha value is -13.7. The molecule has 0 bridgehead atoms. The molecule has 0 aliphatic heterocycles. The van der Waals surface area contributed by atoms with E-state index >= 15 is 0 Å². The molecule has 21 aromatic rings. The average molecular weight is 1390 g/mol. The first-order chi connectivity index (χ1) is 53.3. The highest BCUT2D eigenvalue weighted by atomic mass is 32.1. The van der Waals surface area contributed by atoms with Gasteiger partial charge in [0.1, 0.15) is 0 Å². The van der Waals surface area contributed by atoms with Crippen LogP contribution >= 0.6 is 11.3 Å². The maximum Gasteiger partial charge on any atom is 0.164 e. The van der Waals surface area contributed by atoms with Gasteiger partial charge in [0.2, 0.25) is 0 Å². The van der Waals surface area contributed by atoms with Crippen LogP contribution in [0.4, 0.5) is 0 Å². The largest absolute Gasteiger partial charge is 0.208 e. The summed E-state index contributed by atoms with van der Waals surface area (Å²) in [5.74, 6) is 3.94. The summed E-state index contributed by atoms with van der Waals surface area (Å²) < 4.78 is 2.66. The SMILES string of the molecule is CC1(C)c2ccccc2-c2cc3c(ccc4ccc5cc(-c6cccc7c(-c8nc(-c9ccccc9)nc(-c9ccccc9)n8)cccc67)ccc5c43)cc21.c1ccc(-c2nc(-c3ccccc3)nc(-c3cccc4c(-c5ccc6c(ccc7ccc8cc9c(cc8c76)sc6ccccc69)c5)cccc34)n2)cc1. The smallest absolute Gasteiger partial charge is 0.164 e. The number of benzene rings is 18. The lowest BCUT2D eigenvalue weighted by Crippen LogP contribution is -2.14. The van der Waals surface area contributed by atoms with Gasteiger partial charge in [0, 0.05) is 59.0 Å². The molecular weight excluding hydrogens is 1330 g/mol. The molecule has 0 N–H and O–H groups in total. The zero-order valence-corrected chi connectivity index (χ0v) is 59.9. The van der Waals surface area contributed by atoms with Crippen molar-refractivity contribution in [3.8, 4) is 102 Å². The summed E-state index contributed by atoms with van der Waals surface area (Å²) in [5, 5.41) is 22.5. The summed E-state index contributed by atoms with van der Waals surface area (Å²) >= 11 is 1.88. The minimum atomic E-state index is -0.0288. The summed E-state index contributed by atoms with van der Waals surface area (Å²) in [6.07, 6.45) is 0. The van der Waals surface area contributed by atoms with Crippen molar-refractivity contribution in [1.29, 1.82) is 0 Å². The van der Waals surface area contributed by atoms with Crippen LogP contribution in [0, 0.1) is 0 Å². The Labute approximate surface area is 627 Å². The van der Waals surface area contributed by atoms with Crippen LogP contribution in [0.2, 0.25) is 0 Å². The molecule has 18 aromatic carbocycles. The number of hydrogen-bond acceptors (Lipinski definition) is 7. The van der Waals surface area contributed by atoms with Crippen molar-refractivity contribution in [1.82, 2.24) is 29.9 Å². The highest BCUT2D eigenvalue weighted by molar-refractivity contribution is 7.25. The summed E-state index contributed by atoms with van der Waals surface area (Å²) in [7, 11) is 0. The molecule has 504 valence electrons. The van der Waals surface area contributed by atoms with Crippen LogP contribution in [-0.2, 0) is 5.41 Å². The summed E-state index contributed by atoms with van der Waals surface area (Å²) in [6.45, 7) is 4.71. The van der Waals surface area contributed by atoms with Gasteiger partial charge in [-0.1, -0.05) is 323 Å². The Balaban J connectivity index is 0.000000138. The Morgan fingerprint density at radius 2 is 0.556 bits per heavy atom. The first kappa shape index (κ1) is 62.8. The minimum absolute atomic E-state index is 0.0288. The van der Waals surface area contributed by atoms with E-state index in [1.54, 1.807) is 0 Å². The van der Waals surface area contributed by atoms with E-state index in [1.807, 2.05) is 133 Å². The van der Waals surface area contributed by atoms with E-state index in [2.05, 4.69) is 244 Å². The second-order valence-corrected chi connectivity index (χ2v) is 29.9. The highest BCUT2D eigenvalue weighted by Crippen LogP contribution is 2.51. The Kier molecular flexibility index (Phi) is 14.7. The monoisotopic (exact) mass is 1390 g/mol. The maximum absolute atomic E-state index is 5.07. The summed E-state index contributed by atoms with van der Waals surface area (Å²) in [6, 6.07) is 126. The normalized spacial score (nSPS) is 12.4. The molecule has 6 nitrogen and oxygen atoms in total. The molecule has 0 unspecified atom stereocenters. The molecule has 0 radical (unpaired) electrons. The topological polar surface area (TPSA) is 77.3 Å². The fraction of sp³-hybridized carbons (Fsp3) is 0.0297. The Morgan fingerprint density at radius 1 is 0.194 bits per heavy atom. The van der Waals surface area contributed by atoms with Crippen molar-refractivity contribution in [2.24, 2.45) is 0 Å². The zero-order chi connectivity index (χ0) is 71.6. The van der Waals surface area contributed by atoms with Crippen LogP contribution in [0.3, 0.4) is 0 Å². The molecule has 0 spiro atoms. The van der Waals surface area contributed by atoms with E-state index in [0.717, 1.165) is 54.9 Å². The van der Waals surface area contributed by atoms with Crippen molar-refractivity contribution in [3.63, 3.8) is 0 Å². The predicted molar refractivity (Wildman–Crippen MR) is 454 cm³/mol. The van der Waals surface area contributed by atoms with Gasteiger partial charge >= 0.3 is 0 Å². The second kappa shape index (κ2) is 25.3.